The molecule has 2 spiro atoms. The van der Waals surface area contributed by atoms with E-state index in [2.05, 4.69) is 31.6 Å². The normalized spacial score (nSPS) is 25.0. The minimum Gasteiger partial charge on any atom is -0.454 e. The quantitative estimate of drug-likeness (QED) is 0.0933. The van der Waals surface area contributed by atoms with Crippen LogP contribution in [0.25, 0.3) is 0 Å². The number of likely N-dealkylation sites (tertiary alicyclic amines) is 2. The Balaban J connectivity index is 0.000000217. The van der Waals surface area contributed by atoms with E-state index in [1.54, 1.807) is 72.7 Å². The first-order chi connectivity index (χ1) is 43.6. The number of ether oxygens (including phenoxy) is 8. The predicted molar refractivity (Wildman–Crippen MR) is 323 cm³/mol. The van der Waals surface area contributed by atoms with Crippen molar-refractivity contribution in [3.8, 4) is 23.0 Å². The van der Waals surface area contributed by atoms with Gasteiger partial charge in [-0.3, -0.25) is 33.6 Å². The van der Waals surface area contributed by atoms with Crippen molar-refractivity contribution in [2.75, 3.05) is 53.1 Å². The summed E-state index contributed by atoms with van der Waals surface area (Å²) in [6.07, 6.45) is -0.793. The average Bonchev–Trinajstić information content (AvgIpc) is 1.60. The average molecular weight is 1290 g/mol. The summed E-state index contributed by atoms with van der Waals surface area (Å²) in [5, 5.41) is 29.9. The maximum atomic E-state index is 14.4. The molecule has 8 heterocycles. The van der Waals surface area contributed by atoms with Gasteiger partial charge in [0, 0.05) is 49.7 Å². The number of aliphatic hydroxyl groups excluding tert-OH is 1. The van der Waals surface area contributed by atoms with Crippen molar-refractivity contribution in [1.82, 2.24) is 31.1 Å². The number of rotatable bonds is 20. The Hall–Kier alpha value is -8.51. The third-order valence-electron chi connectivity index (χ3n) is 17.2. The summed E-state index contributed by atoms with van der Waals surface area (Å²) in [6, 6.07) is 4.29. The number of nitrogens with one attached hydrogen (secondary N) is 4. The number of alkyl carbamates (subject to hydrolysis) is 2. The van der Waals surface area contributed by atoms with Gasteiger partial charge in [0.1, 0.15) is 36.4 Å². The van der Waals surface area contributed by atoms with Gasteiger partial charge in [0.15, 0.2) is 40.3 Å². The van der Waals surface area contributed by atoms with E-state index in [-0.39, 0.29) is 78.4 Å². The molecule has 8 aliphatic heterocycles. The summed E-state index contributed by atoms with van der Waals surface area (Å²) in [6.45, 7) is 16.0. The fourth-order valence-electron chi connectivity index (χ4n) is 12.3. The van der Waals surface area contributed by atoms with Gasteiger partial charge in [0.25, 0.3) is 5.91 Å². The first kappa shape index (κ1) is 67.9. The third-order valence-corrected chi connectivity index (χ3v) is 17.2. The maximum Gasteiger partial charge on any atom is 0.408 e. The molecule has 30 nitrogen and oxygen atoms in total. The Bertz CT molecular complexity index is 3210. The number of carbonyl (C=O) groups is 9. The minimum absolute atomic E-state index is 0.0158. The van der Waals surface area contributed by atoms with Gasteiger partial charge in [-0.25, -0.2) is 9.59 Å². The molecular weight excluding hydrogens is 1200 g/mol. The maximum absolute atomic E-state index is 14.4. The third kappa shape index (κ3) is 15.7. The molecule has 10 rings (SSSR count). The van der Waals surface area contributed by atoms with E-state index in [4.69, 9.17) is 59.0 Å². The van der Waals surface area contributed by atoms with E-state index < -0.39 is 130 Å². The number of carbonyl (C=O) groups excluding carboxylic acids is 9. The summed E-state index contributed by atoms with van der Waals surface area (Å²) in [4.78, 5) is 133. The first-order valence-corrected chi connectivity index (χ1v) is 31.0. The Kier molecular flexibility index (Phi) is 20.8. The lowest BCUT2D eigenvalue weighted by molar-refractivity contribution is -0.143. The van der Waals surface area contributed by atoms with Crippen LogP contribution in [0.1, 0.15) is 131 Å². The summed E-state index contributed by atoms with van der Waals surface area (Å²) >= 11 is 0. The molecule has 92 heavy (non-hydrogen) atoms. The number of fused-ring (bicyclic) bond motifs is 2. The molecule has 9 N–H and O–H groups in total. The highest BCUT2D eigenvalue weighted by atomic mass is 16.7. The summed E-state index contributed by atoms with van der Waals surface area (Å²) in [7, 11) is 0. The molecule has 30 heteroatoms. The number of hydrogen-bond donors (Lipinski definition) is 7. The van der Waals surface area contributed by atoms with Gasteiger partial charge in [-0.1, -0.05) is 78.5 Å². The van der Waals surface area contributed by atoms with Gasteiger partial charge >= 0.3 is 12.2 Å². The van der Waals surface area contributed by atoms with Crippen molar-refractivity contribution >= 4 is 64.8 Å². The zero-order valence-electron chi connectivity index (χ0n) is 53.0. The molecule has 0 aromatic heterocycles. The highest BCUT2D eigenvalue weighted by Crippen LogP contribution is 2.44. The number of hydrogen-bond acceptors (Lipinski definition) is 22. The van der Waals surface area contributed by atoms with Crippen LogP contribution >= 0.6 is 0 Å². The van der Waals surface area contributed by atoms with Crippen LogP contribution in [0.2, 0.25) is 0 Å². The van der Waals surface area contributed by atoms with E-state index in [0.29, 0.717) is 73.3 Å². The minimum atomic E-state index is -1.62. The topological polar surface area (TPSA) is 398 Å². The van der Waals surface area contributed by atoms with Crippen molar-refractivity contribution in [3.05, 3.63) is 47.5 Å². The van der Waals surface area contributed by atoms with Crippen molar-refractivity contribution in [1.29, 1.82) is 0 Å². The highest BCUT2D eigenvalue weighted by Gasteiger charge is 2.58. The fourth-order valence-corrected chi connectivity index (χ4v) is 12.3. The number of oxime groups is 2. The second-order valence-electron chi connectivity index (χ2n) is 26.5. The highest BCUT2D eigenvalue weighted by molar-refractivity contribution is 6.37. The molecule has 4 saturated heterocycles. The molecule has 0 radical (unpaired) electrons. The lowest BCUT2D eigenvalue weighted by atomic mass is 9.85. The fraction of sp³-hybridized carbons (Fsp3) is 0.629. The number of amides is 8. The van der Waals surface area contributed by atoms with Crippen LogP contribution in [0.4, 0.5) is 9.59 Å². The predicted octanol–water partition coefficient (Wildman–Crippen LogP) is 2.09. The number of nitrogens with two attached hydrogens (primary N) is 2. The molecule has 8 aliphatic rings. The number of ketones is 1. The van der Waals surface area contributed by atoms with Crippen LogP contribution in [0.15, 0.2) is 46.7 Å². The van der Waals surface area contributed by atoms with Crippen molar-refractivity contribution in [2.24, 2.45) is 32.6 Å². The number of Topliss-reactive ketones (excluding diaryl/α,β-unsaturated/α-hetero) is 1. The van der Waals surface area contributed by atoms with E-state index in [9.17, 15) is 48.3 Å². The molecule has 11 atom stereocenters. The lowest BCUT2D eigenvalue weighted by Crippen LogP contribution is -2.59. The molecule has 0 bridgehead atoms. The van der Waals surface area contributed by atoms with Crippen molar-refractivity contribution in [2.45, 2.75) is 185 Å². The molecule has 502 valence electrons. The Morgan fingerprint density at radius 3 is 1.46 bits per heavy atom. The van der Waals surface area contributed by atoms with Crippen LogP contribution in [-0.2, 0) is 62.2 Å². The largest absolute Gasteiger partial charge is 0.454 e. The van der Waals surface area contributed by atoms with Gasteiger partial charge in [0.05, 0.1) is 63.0 Å². The van der Waals surface area contributed by atoms with Gasteiger partial charge < -0.3 is 95.2 Å². The van der Waals surface area contributed by atoms with Crippen LogP contribution in [-0.4, -0.2) is 199 Å². The van der Waals surface area contributed by atoms with Gasteiger partial charge in [-0.15, -0.1) is 0 Å². The number of aliphatic hydroxyl groups is 1. The Morgan fingerprint density at radius 2 is 1.07 bits per heavy atom. The lowest BCUT2D eigenvalue weighted by Gasteiger charge is -2.35. The van der Waals surface area contributed by atoms with Crippen LogP contribution < -0.4 is 51.7 Å². The second-order valence-corrected chi connectivity index (χ2v) is 26.5. The molecular formula is C62H84N10O20. The van der Waals surface area contributed by atoms with Gasteiger partial charge in [-0.05, 0) is 60.1 Å². The van der Waals surface area contributed by atoms with Crippen LogP contribution in [0.3, 0.4) is 0 Å². The Morgan fingerprint density at radius 1 is 0.630 bits per heavy atom. The van der Waals surface area contributed by atoms with Crippen molar-refractivity contribution in [3.63, 3.8) is 0 Å². The number of nitrogens with zero attached hydrogens (tertiary/aromatic N) is 4. The number of benzene rings is 2. The number of primary amides is 2. The first-order valence-electron chi connectivity index (χ1n) is 31.0. The zero-order chi connectivity index (χ0) is 66.5. The second kappa shape index (κ2) is 28.2. The molecule has 0 saturated carbocycles. The summed E-state index contributed by atoms with van der Waals surface area (Å²) < 4.78 is 43.3. The van der Waals surface area contributed by atoms with Crippen LogP contribution in [0, 0.1) is 10.8 Å². The monoisotopic (exact) mass is 1290 g/mol. The van der Waals surface area contributed by atoms with Gasteiger partial charge in [0.2, 0.25) is 48.9 Å². The molecule has 0 aliphatic carbocycles. The van der Waals surface area contributed by atoms with Gasteiger partial charge in [-0.2, -0.15) is 0 Å². The SMILES string of the molecule is CCC[C@H](NC(=O)[C@@H]1C[C@]2(CC(c3ccc4c(c3)OCO4)=NO2)CN1C(=O)[C@@H](NC(=O)O[C@H]1CCOC1)C(C)(C)C)C(=O)C(N)=O.CCC[C@H](NC(=O)[C@@H]1C[C@]2(CC(c3ccc4c(c3)OCO4)=NO2)CN1C(=O)[C@@H](NC(=O)O[C@H]1CCOC1)C(C)(C)C)C(O)C(N)=O. The molecule has 8 amide bonds. The van der Waals surface area contributed by atoms with E-state index in [1.165, 1.54) is 9.80 Å². The van der Waals surface area contributed by atoms with Crippen molar-refractivity contribution < 1.29 is 95.8 Å². The van der Waals surface area contributed by atoms with Crippen LogP contribution in [0.5, 0.6) is 23.0 Å². The molecule has 2 aromatic rings. The summed E-state index contributed by atoms with van der Waals surface area (Å²) in [5.41, 5.74) is 9.54. The molecule has 2 aromatic carbocycles. The molecule has 4 fully saturated rings. The smallest absolute Gasteiger partial charge is 0.408 e. The Labute approximate surface area is 531 Å². The van der Waals surface area contributed by atoms with E-state index in [0.717, 1.165) is 11.1 Å². The van der Waals surface area contributed by atoms with E-state index >= 15 is 0 Å². The standard InChI is InChI=1S/C31H43N5O10.C31H41N5O10/c2*1-5-6-19(24(37)26(32)38)33-27(39)21-13-31(12-20(35-46-31)17-7-8-22-23(11-17)44-16-43-22)15-36(21)28(40)25(30(2,3)4)34-29(41)45-18-9-10-42-14-18/h7-8,11,18-19,21,24-25,37H,5-6,9-10,12-16H2,1-4H3,(H2,32,38)(H,33,39)(H,34,41);7-8,11,18-19,21,25H,5-6,9-10,12-16H2,1-4H3,(H2,32,38)(H,33,39)(H,34,41)/t18-,19-,21-,24?,25+,31+;18-,19-,21-,25+,31+/m00/s1. The van der Waals surface area contributed by atoms with E-state index in [1.807, 2.05) is 19.1 Å². The summed E-state index contributed by atoms with van der Waals surface area (Å²) in [5.74, 6) is -3.02. The molecule has 1 unspecified atom stereocenters. The zero-order valence-corrected chi connectivity index (χ0v) is 53.0.